The fraction of sp³-hybridized carbons (Fsp3) is 0.769. The normalized spacial score (nSPS) is 17.8. The Kier molecular flexibility index (Phi) is 4.40. The summed E-state index contributed by atoms with van der Waals surface area (Å²) in [5.41, 5.74) is 1.35. The average Bonchev–Trinajstić information content (AvgIpc) is 2.79. The predicted octanol–water partition coefficient (Wildman–Crippen LogP) is 2.96. The van der Waals surface area contributed by atoms with Gasteiger partial charge in [-0.3, -0.25) is 0 Å². The van der Waals surface area contributed by atoms with Crippen LogP contribution in [0.2, 0.25) is 0 Å². The van der Waals surface area contributed by atoms with E-state index in [2.05, 4.69) is 22.2 Å². The Hall–Kier alpha value is -0.830. The Balaban J connectivity index is 1.85. The maximum absolute atomic E-state index is 4.45. The molecule has 1 aromatic rings. The molecule has 3 heteroatoms. The van der Waals surface area contributed by atoms with Crippen LogP contribution in [0.1, 0.15) is 62.9 Å². The fourth-order valence-electron chi connectivity index (χ4n) is 2.47. The Morgan fingerprint density at radius 1 is 1.38 bits per heavy atom. The first kappa shape index (κ1) is 11.6. The van der Waals surface area contributed by atoms with Crippen molar-refractivity contribution in [1.82, 2.24) is 15.3 Å². The maximum Gasteiger partial charge on any atom is 0.120 e. The number of aromatic nitrogens is 2. The van der Waals surface area contributed by atoms with E-state index < -0.39 is 0 Å². The van der Waals surface area contributed by atoms with Gasteiger partial charge in [0.1, 0.15) is 5.82 Å². The van der Waals surface area contributed by atoms with Crippen LogP contribution in [0.4, 0.5) is 0 Å². The first-order chi connectivity index (χ1) is 7.90. The van der Waals surface area contributed by atoms with Gasteiger partial charge in [-0.05, 0) is 25.8 Å². The molecule has 3 nitrogen and oxygen atoms in total. The van der Waals surface area contributed by atoms with Crippen molar-refractivity contribution in [3.05, 3.63) is 17.7 Å². The molecule has 0 atom stereocenters. The zero-order valence-corrected chi connectivity index (χ0v) is 10.3. The van der Waals surface area contributed by atoms with Crippen molar-refractivity contribution in [3.8, 4) is 0 Å². The highest BCUT2D eigenvalue weighted by atomic mass is 15.0. The van der Waals surface area contributed by atoms with E-state index in [1.165, 1.54) is 44.2 Å². The third-order valence-electron chi connectivity index (χ3n) is 3.41. The summed E-state index contributed by atoms with van der Waals surface area (Å²) in [6, 6.07) is 0. The summed E-state index contributed by atoms with van der Waals surface area (Å²) in [4.78, 5) is 7.91. The number of imidazole rings is 1. The topological polar surface area (TPSA) is 40.7 Å². The summed E-state index contributed by atoms with van der Waals surface area (Å²) < 4.78 is 0. The lowest BCUT2D eigenvalue weighted by atomic mass is 9.87. The second kappa shape index (κ2) is 6.04. The van der Waals surface area contributed by atoms with E-state index in [0.29, 0.717) is 0 Å². The Morgan fingerprint density at radius 3 is 2.94 bits per heavy atom. The minimum Gasteiger partial charge on any atom is -0.345 e. The summed E-state index contributed by atoms with van der Waals surface area (Å²) in [6.07, 6.45) is 10.1. The van der Waals surface area contributed by atoms with Crippen LogP contribution in [-0.4, -0.2) is 16.5 Å². The number of hydrogen-bond donors (Lipinski definition) is 2. The van der Waals surface area contributed by atoms with Crippen LogP contribution in [0.15, 0.2) is 6.20 Å². The van der Waals surface area contributed by atoms with E-state index in [0.717, 1.165) is 24.8 Å². The molecular formula is C13H23N3. The minimum absolute atomic E-state index is 0.737. The monoisotopic (exact) mass is 221 g/mol. The zero-order valence-electron chi connectivity index (χ0n) is 10.3. The molecule has 1 aliphatic rings. The molecule has 16 heavy (non-hydrogen) atoms. The molecule has 0 aromatic carbocycles. The standard InChI is InChI=1S/C13H23N3/c1-2-8-14-10-13-15-9-12(16-13)11-6-4-3-5-7-11/h9,11,14H,2-8,10H2,1H3,(H,15,16). The van der Waals surface area contributed by atoms with E-state index in [1.807, 2.05) is 6.20 Å². The number of hydrogen-bond acceptors (Lipinski definition) is 2. The van der Waals surface area contributed by atoms with Crippen LogP contribution in [0.5, 0.6) is 0 Å². The molecule has 1 fully saturated rings. The molecule has 0 bridgehead atoms. The number of H-pyrrole nitrogens is 1. The van der Waals surface area contributed by atoms with Gasteiger partial charge in [-0.25, -0.2) is 4.98 Å². The second-order valence-electron chi connectivity index (χ2n) is 4.80. The third-order valence-corrected chi connectivity index (χ3v) is 3.41. The van der Waals surface area contributed by atoms with Crippen LogP contribution in [0, 0.1) is 0 Å². The van der Waals surface area contributed by atoms with E-state index in [1.54, 1.807) is 0 Å². The smallest absolute Gasteiger partial charge is 0.120 e. The van der Waals surface area contributed by atoms with Gasteiger partial charge < -0.3 is 10.3 Å². The molecule has 0 amide bonds. The molecule has 1 aliphatic carbocycles. The Labute approximate surface area is 98.1 Å². The van der Waals surface area contributed by atoms with Gasteiger partial charge in [0, 0.05) is 17.8 Å². The van der Waals surface area contributed by atoms with Crippen molar-refractivity contribution >= 4 is 0 Å². The van der Waals surface area contributed by atoms with Gasteiger partial charge in [0.05, 0.1) is 6.54 Å². The molecule has 1 saturated carbocycles. The molecule has 1 aromatic heterocycles. The summed E-state index contributed by atoms with van der Waals surface area (Å²) in [5, 5.41) is 3.37. The quantitative estimate of drug-likeness (QED) is 0.750. The zero-order chi connectivity index (χ0) is 11.2. The molecule has 2 rings (SSSR count). The maximum atomic E-state index is 4.45. The summed E-state index contributed by atoms with van der Waals surface area (Å²) >= 11 is 0. The highest BCUT2D eigenvalue weighted by molar-refractivity contribution is 5.08. The first-order valence-corrected chi connectivity index (χ1v) is 6.64. The molecule has 90 valence electrons. The number of rotatable bonds is 5. The number of aromatic amines is 1. The predicted molar refractivity (Wildman–Crippen MR) is 66.4 cm³/mol. The van der Waals surface area contributed by atoms with Gasteiger partial charge in [-0.1, -0.05) is 26.2 Å². The lowest BCUT2D eigenvalue weighted by molar-refractivity contribution is 0.437. The van der Waals surface area contributed by atoms with Crippen LogP contribution >= 0.6 is 0 Å². The minimum atomic E-state index is 0.737. The van der Waals surface area contributed by atoms with Crippen LogP contribution in [0.3, 0.4) is 0 Å². The van der Waals surface area contributed by atoms with Crippen molar-refractivity contribution < 1.29 is 0 Å². The highest BCUT2D eigenvalue weighted by Gasteiger charge is 2.17. The van der Waals surface area contributed by atoms with E-state index in [-0.39, 0.29) is 0 Å². The highest BCUT2D eigenvalue weighted by Crippen LogP contribution is 2.31. The number of nitrogens with one attached hydrogen (secondary N) is 2. The SMILES string of the molecule is CCCNCc1ncc(C2CCCCC2)[nH]1. The number of nitrogens with zero attached hydrogens (tertiary/aromatic N) is 1. The van der Waals surface area contributed by atoms with Crippen LogP contribution < -0.4 is 5.32 Å². The fourth-order valence-corrected chi connectivity index (χ4v) is 2.47. The van der Waals surface area contributed by atoms with Crippen molar-refractivity contribution in [2.45, 2.75) is 57.9 Å². The lowest BCUT2D eigenvalue weighted by Crippen LogP contribution is -2.15. The van der Waals surface area contributed by atoms with Crippen LogP contribution in [0.25, 0.3) is 0 Å². The van der Waals surface area contributed by atoms with Gasteiger partial charge in [-0.15, -0.1) is 0 Å². The van der Waals surface area contributed by atoms with Gasteiger partial charge >= 0.3 is 0 Å². The second-order valence-corrected chi connectivity index (χ2v) is 4.80. The van der Waals surface area contributed by atoms with Crippen molar-refractivity contribution in [3.63, 3.8) is 0 Å². The van der Waals surface area contributed by atoms with Gasteiger partial charge in [0.15, 0.2) is 0 Å². The van der Waals surface area contributed by atoms with Crippen molar-refractivity contribution in [2.24, 2.45) is 0 Å². The summed E-state index contributed by atoms with van der Waals surface area (Å²) in [7, 11) is 0. The average molecular weight is 221 g/mol. The van der Waals surface area contributed by atoms with E-state index in [9.17, 15) is 0 Å². The molecule has 0 unspecified atom stereocenters. The third kappa shape index (κ3) is 3.08. The van der Waals surface area contributed by atoms with E-state index >= 15 is 0 Å². The van der Waals surface area contributed by atoms with Crippen LogP contribution in [-0.2, 0) is 6.54 Å². The molecule has 1 heterocycles. The van der Waals surface area contributed by atoms with E-state index in [4.69, 9.17) is 0 Å². The summed E-state index contributed by atoms with van der Waals surface area (Å²) in [5.74, 6) is 1.83. The largest absolute Gasteiger partial charge is 0.345 e. The van der Waals surface area contributed by atoms with Gasteiger partial charge in [0.2, 0.25) is 0 Å². The molecular weight excluding hydrogens is 198 g/mol. The molecule has 0 spiro atoms. The Morgan fingerprint density at radius 2 is 2.19 bits per heavy atom. The molecule has 0 radical (unpaired) electrons. The molecule has 0 saturated heterocycles. The molecule has 2 N–H and O–H groups in total. The summed E-state index contributed by atoms with van der Waals surface area (Å²) in [6.45, 7) is 4.13. The van der Waals surface area contributed by atoms with Crippen molar-refractivity contribution in [1.29, 1.82) is 0 Å². The molecule has 0 aliphatic heterocycles. The van der Waals surface area contributed by atoms with Crippen molar-refractivity contribution in [2.75, 3.05) is 6.54 Å². The van der Waals surface area contributed by atoms with Gasteiger partial charge in [-0.2, -0.15) is 0 Å². The first-order valence-electron chi connectivity index (χ1n) is 6.64. The lowest BCUT2D eigenvalue weighted by Gasteiger charge is -2.19. The Bertz CT molecular complexity index is 300. The van der Waals surface area contributed by atoms with Gasteiger partial charge in [0.25, 0.3) is 0 Å².